The van der Waals surface area contributed by atoms with Crippen molar-refractivity contribution in [3.8, 4) is 0 Å². The van der Waals surface area contributed by atoms with Gasteiger partial charge in [0, 0.05) is 0 Å². The molecule has 0 bridgehead atoms. The Morgan fingerprint density at radius 2 is 1.32 bits per heavy atom. The van der Waals surface area contributed by atoms with E-state index in [-0.39, 0.29) is 0 Å². The molecule has 0 saturated carbocycles. The molecule has 5 nitrogen and oxygen atoms in total. The Morgan fingerprint density at radius 1 is 0.895 bits per heavy atom. The SMILES string of the molecule is CC[Si](CC)(CC)OP123OCC[N+]1(CCO2)CCO3. The first kappa shape index (κ1) is 14.4. The second-order valence-corrected chi connectivity index (χ2v) is 14.3. The summed E-state index contributed by atoms with van der Waals surface area (Å²) < 4.78 is 26.3. The van der Waals surface area contributed by atoms with Gasteiger partial charge in [0.05, 0.1) is 0 Å². The van der Waals surface area contributed by atoms with Gasteiger partial charge in [-0.2, -0.15) is 0 Å². The first-order chi connectivity index (χ1) is 9.08. The molecule has 3 heterocycles. The number of rotatable bonds is 5. The third-order valence-electron chi connectivity index (χ3n) is 5.42. The summed E-state index contributed by atoms with van der Waals surface area (Å²) in [5.74, 6) is 0. The summed E-state index contributed by atoms with van der Waals surface area (Å²) in [7, 11) is -5.13. The molecule has 0 N–H and O–H groups in total. The quantitative estimate of drug-likeness (QED) is 0.578. The normalized spacial score (nSPS) is 37.5. The van der Waals surface area contributed by atoms with E-state index in [0.29, 0.717) is 0 Å². The Bertz CT molecular complexity index is 336. The van der Waals surface area contributed by atoms with Crippen molar-refractivity contribution in [1.29, 1.82) is 0 Å². The van der Waals surface area contributed by atoms with Crippen LogP contribution < -0.4 is 0 Å². The molecule has 112 valence electrons. The maximum atomic E-state index is 6.84. The van der Waals surface area contributed by atoms with Gasteiger partial charge in [-0.1, -0.05) is 0 Å². The van der Waals surface area contributed by atoms with Crippen LogP contribution in [0.15, 0.2) is 0 Å². The van der Waals surface area contributed by atoms with Crippen molar-refractivity contribution in [3.05, 3.63) is 0 Å². The first-order valence-corrected chi connectivity index (χ1v) is 12.0. The van der Waals surface area contributed by atoms with E-state index in [2.05, 4.69) is 20.8 Å². The van der Waals surface area contributed by atoms with Gasteiger partial charge in [0.2, 0.25) is 0 Å². The monoisotopic (exact) mass is 308 g/mol. The summed E-state index contributed by atoms with van der Waals surface area (Å²) >= 11 is 0. The zero-order chi connectivity index (χ0) is 13.6. The molecule has 0 amide bonds. The van der Waals surface area contributed by atoms with Crippen LogP contribution in [0.25, 0.3) is 0 Å². The fourth-order valence-corrected chi connectivity index (χ4v) is 14.1. The second-order valence-electron chi connectivity index (χ2n) is 5.87. The molecule has 0 aromatic rings. The number of hydrogen-bond acceptors (Lipinski definition) is 4. The average Bonchev–Trinajstić information content (AvgIpc) is 2.95. The third kappa shape index (κ3) is 1.62. The van der Waals surface area contributed by atoms with Gasteiger partial charge in [-0.3, -0.25) is 0 Å². The van der Waals surface area contributed by atoms with E-state index in [1.165, 1.54) is 0 Å². The zero-order valence-electron chi connectivity index (χ0n) is 12.4. The fourth-order valence-electron chi connectivity index (χ4n) is 3.83. The van der Waals surface area contributed by atoms with E-state index in [1.54, 1.807) is 0 Å². The molecular weight excluding hydrogens is 281 g/mol. The van der Waals surface area contributed by atoms with Gasteiger partial charge in [-0.25, -0.2) is 0 Å². The summed E-state index contributed by atoms with van der Waals surface area (Å²) in [4.78, 5) is 0. The molecule has 0 aliphatic carbocycles. The number of hydrogen-bond donors (Lipinski definition) is 0. The van der Waals surface area contributed by atoms with E-state index >= 15 is 0 Å². The molecule has 3 rings (SSSR count). The maximum absolute atomic E-state index is 6.84. The Hall–Kier alpha value is 0.447. The van der Waals surface area contributed by atoms with Crippen LogP contribution in [0.1, 0.15) is 20.8 Å². The first-order valence-electron chi connectivity index (χ1n) is 7.63. The molecule has 0 aromatic carbocycles. The minimum absolute atomic E-state index is 0.722. The Kier molecular flexibility index (Phi) is 3.38. The van der Waals surface area contributed by atoms with Crippen molar-refractivity contribution in [2.24, 2.45) is 0 Å². The topological polar surface area (TPSA) is 36.9 Å². The van der Waals surface area contributed by atoms with Crippen LogP contribution in [0, 0.1) is 0 Å². The predicted molar refractivity (Wildman–Crippen MR) is 77.9 cm³/mol. The van der Waals surface area contributed by atoms with Crippen molar-refractivity contribution in [2.75, 3.05) is 39.5 Å². The van der Waals surface area contributed by atoms with Crippen LogP contribution in [0.2, 0.25) is 18.1 Å². The average molecular weight is 308 g/mol. The van der Waals surface area contributed by atoms with Crippen molar-refractivity contribution < 1.29 is 22.0 Å². The van der Waals surface area contributed by atoms with E-state index < -0.39 is 16.0 Å². The molecule has 0 spiro atoms. The molecule has 3 fully saturated rings. The minimum atomic E-state index is -3.32. The molecule has 0 radical (unpaired) electrons. The van der Waals surface area contributed by atoms with Crippen molar-refractivity contribution in [1.82, 2.24) is 0 Å². The van der Waals surface area contributed by atoms with Crippen molar-refractivity contribution >= 4 is 16.0 Å². The van der Waals surface area contributed by atoms with E-state index in [4.69, 9.17) is 17.8 Å². The Balaban J connectivity index is 2.01. The molecule has 0 aromatic heterocycles. The molecule has 7 heteroatoms. The molecule has 19 heavy (non-hydrogen) atoms. The summed E-state index contributed by atoms with van der Waals surface area (Å²) in [5.41, 5.74) is 0. The van der Waals surface area contributed by atoms with Crippen molar-refractivity contribution in [2.45, 2.75) is 38.9 Å². The predicted octanol–water partition coefficient (Wildman–Crippen LogP) is 3.04. The van der Waals surface area contributed by atoms with Gasteiger partial charge in [-0.05, 0) is 0 Å². The fraction of sp³-hybridized carbons (Fsp3) is 1.00. The number of quaternary nitrogens is 1. The summed E-state index contributed by atoms with van der Waals surface area (Å²) in [5, 5.41) is 0. The molecule has 3 aliphatic heterocycles. The molecule has 3 aliphatic rings. The second kappa shape index (κ2) is 4.47. The van der Waals surface area contributed by atoms with Gasteiger partial charge >= 0.3 is 116 Å². The van der Waals surface area contributed by atoms with Gasteiger partial charge < -0.3 is 0 Å². The standard InChI is InChI=1S/C12H27NO4PSi/c1-4-19(5-2,6-3)17-18-13(7-10-14-18,8-11-15-18)9-12-16-18/h4-12H2,1-3H3/q+1. The Morgan fingerprint density at radius 3 is 1.68 bits per heavy atom. The number of nitrogens with zero attached hydrogens (tertiary/aromatic N) is 1. The van der Waals surface area contributed by atoms with Crippen LogP contribution >= 0.6 is 7.66 Å². The summed E-state index contributed by atoms with van der Waals surface area (Å²) in [6.07, 6.45) is 0. The molecule has 0 unspecified atom stereocenters. The van der Waals surface area contributed by atoms with Crippen molar-refractivity contribution in [3.63, 3.8) is 0 Å². The third-order valence-corrected chi connectivity index (χ3v) is 15.9. The van der Waals surface area contributed by atoms with E-state index in [0.717, 1.165) is 61.8 Å². The van der Waals surface area contributed by atoms with Crippen LogP contribution in [0.5, 0.6) is 0 Å². The van der Waals surface area contributed by atoms with Crippen LogP contribution in [0.3, 0.4) is 0 Å². The van der Waals surface area contributed by atoms with Gasteiger partial charge in [0.1, 0.15) is 0 Å². The Labute approximate surface area is 117 Å². The van der Waals surface area contributed by atoms with Crippen LogP contribution in [0.4, 0.5) is 0 Å². The van der Waals surface area contributed by atoms with Gasteiger partial charge in [0.15, 0.2) is 0 Å². The summed E-state index contributed by atoms with van der Waals surface area (Å²) in [6.45, 7) is 11.9. The summed E-state index contributed by atoms with van der Waals surface area (Å²) in [6, 6.07) is 3.32. The van der Waals surface area contributed by atoms with Crippen LogP contribution in [-0.4, -0.2) is 52.0 Å². The van der Waals surface area contributed by atoms with E-state index in [9.17, 15) is 0 Å². The molecule has 3 saturated heterocycles. The molecule has 0 atom stereocenters. The zero-order valence-corrected chi connectivity index (χ0v) is 14.3. The molecular formula is C12H27NO4PSi+. The van der Waals surface area contributed by atoms with Gasteiger partial charge in [-0.15, -0.1) is 0 Å². The van der Waals surface area contributed by atoms with Gasteiger partial charge in [0.25, 0.3) is 0 Å². The van der Waals surface area contributed by atoms with Crippen LogP contribution in [-0.2, 0) is 17.8 Å². The van der Waals surface area contributed by atoms with E-state index in [1.807, 2.05) is 0 Å².